The number of nitrogens with one attached hydrogen (secondary N) is 1. The summed E-state index contributed by atoms with van der Waals surface area (Å²) in [7, 11) is 1.33. The molecule has 0 heterocycles. The van der Waals surface area contributed by atoms with Crippen molar-refractivity contribution in [2.24, 2.45) is 5.10 Å². The van der Waals surface area contributed by atoms with Crippen LogP contribution in [0.5, 0.6) is 17.2 Å². The zero-order chi connectivity index (χ0) is 19.1. The minimum absolute atomic E-state index is 0.00923. The molecule has 2 N–H and O–H groups in total. The van der Waals surface area contributed by atoms with E-state index in [9.17, 15) is 20.0 Å². The molecular weight excluding hydrogens is 366 g/mol. The summed E-state index contributed by atoms with van der Waals surface area (Å²) in [6.45, 7) is -0.302. The van der Waals surface area contributed by atoms with Gasteiger partial charge in [0, 0.05) is 10.6 Å². The van der Waals surface area contributed by atoms with Crippen molar-refractivity contribution < 1.29 is 24.3 Å². The predicted molar refractivity (Wildman–Crippen MR) is 94.0 cm³/mol. The number of hydrazone groups is 1. The zero-order valence-electron chi connectivity index (χ0n) is 13.5. The average Bonchev–Trinajstić information content (AvgIpc) is 2.62. The molecule has 2 rings (SSSR count). The lowest BCUT2D eigenvalue weighted by Gasteiger charge is -2.06. The minimum atomic E-state index is -0.756. The summed E-state index contributed by atoms with van der Waals surface area (Å²) in [6, 6.07) is 8.85. The Bertz CT molecular complexity index is 839. The Kier molecular flexibility index (Phi) is 6.34. The van der Waals surface area contributed by atoms with Gasteiger partial charge in [0.05, 0.1) is 24.3 Å². The molecule has 0 aliphatic rings. The van der Waals surface area contributed by atoms with E-state index in [4.69, 9.17) is 21.1 Å². The first-order chi connectivity index (χ1) is 12.4. The first-order valence-corrected chi connectivity index (χ1v) is 7.54. The lowest BCUT2D eigenvalue weighted by Crippen LogP contribution is -2.24. The highest BCUT2D eigenvalue weighted by Gasteiger charge is 2.18. The van der Waals surface area contributed by atoms with Crippen molar-refractivity contribution in [3.05, 3.63) is 57.1 Å². The Morgan fingerprint density at radius 1 is 1.35 bits per heavy atom. The molecule has 0 saturated heterocycles. The van der Waals surface area contributed by atoms with Crippen LogP contribution in [0.25, 0.3) is 0 Å². The van der Waals surface area contributed by atoms with Gasteiger partial charge >= 0.3 is 5.69 Å². The van der Waals surface area contributed by atoms with Gasteiger partial charge in [-0.15, -0.1) is 0 Å². The molecule has 0 saturated carbocycles. The van der Waals surface area contributed by atoms with Crippen LogP contribution in [0.2, 0.25) is 5.02 Å². The number of hydrogen-bond acceptors (Lipinski definition) is 7. The molecule has 0 aliphatic heterocycles. The Morgan fingerprint density at radius 2 is 2.04 bits per heavy atom. The second kappa shape index (κ2) is 8.67. The Morgan fingerprint density at radius 3 is 2.65 bits per heavy atom. The number of benzene rings is 2. The van der Waals surface area contributed by atoms with Crippen molar-refractivity contribution in [1.82, 2.24) is 5.43 Å². The largest absolute Gasteiger partial charge is 0.502 e. The van der Waals surface area contributed by atoms with Gasteiger partial charge in [-0.3, -0.25) is 14.9 Å². The number of nitro groups is 1. The first kappa shape index (κ1) is 19.0. The topological polar surface area (TPSA) is 123 Å². The number of nitro benzene ring substituents is 1. The number of rotatable bonds is 7. The van der Waals surface area contributed by atoms with Gasteiger partial charge in [0.15, 0.2) is 6.61 Å². The number of carbonyl (C=O) groups is 1. The predicted octanol–water partition coefficient (Wildman–Crippen LogP) is 2.49. The van der Waals surface area contributed by atoms with E-state index in [1.54, 1.807) is 24.3 Å². The fourth-order valence-electron chi connectivity index (χ4n) is 1.86. The van der Waals surface area contributed by atoms with Crippen molar-refractivity contribution in [1.29, 1.82) is 0 Å². The summed E-state index contributed by atoms with van der Waals surface area (Å²) < 4.78 is 10.2. The third-order valence-electron chi connectivity index (χ3n) is 3.10. The lowest BCUT2D eigenvalue weighted by atomic mass is 10.1. The maximum Gasteiger partial charge on any atom is 0.315 e. The number of phenolic OH excluding ortho intramolecular Hbond substituents is 1. The Labute approximate surface area is 153 Å². The molecule has 2 aromatic rings. The Hall–Kier alpha value is -3.33. The van der Waals surface area contributed by atoms with Crippen LogP contribution >= 0.6 is 11.6 Å². The molecule has 136 valence electrons. The molecule has 1 amide bonds. The van der Waals surface area contributed by atoms with Crippen LogP contribution in [-0.2, 0) is 4.79 Å². The number of ether oxygens (including phenoxy) is 2. The third kappa shape index (κ3) is 5.08. The molecule has 0 bridgehead atoms. The molecule has 26 heavy (non-hydrogen) atoms. The lowest BCUT2D eigenvalue weighted by molar-refractivity contribution is -0.385. The van der Waals surface area contributed by atoms with Gasteiger partial charge in [-0.2, -0.15) is 5.10 Å². The molecule has 10 heteroatoms. The normalized spacial score (nSPS) is 10.5. The highest BCUT2D eigenvalue weighted by Crippen LogP contribution is 2.33. The van der Waals surface area contributed by atoms with Crippen LogP contribution < -0.4 is 14.9 Å². The molecule has 0 spiro atoms. The number of aromatic hydroxyl groups is 1. The van der Waals surface area contributed by atoms with Crippen LogP contribution in [0.15, 0.2) is 41.5 Å². The summed E-state index contributed by atoms with van der Waals surface area (Å²) in [6.07, 6.45) is 1.06. The Balaban J connectivity index is 1.99. The molecule has 0 aromatic heterocycles. The summed E-state index contributed by atoms with van der Waals surface area (Å²) in [5.74, 6) is -0.540. The number of carbonyl (C=O) groups excluding carboxylic acids is 1. The van der Waals surface area contributed by atoms with E-state index >= 15 is 0 Å². The van der Waals surface area contributed by atoms with Gasteiger partial charge in [-0.25, -0.2) is 5.43 Å². The highest BCUT2D eigenvalue weighted by atomic mass is 35.5. The van der Waals surface area contributed by atoms with Crippen molar-refractivity contribution in [3.63, 3.8) is 0 Å². The van der Waals surface area contributed by atoms with E-state index in [2.05, 4.69) is 10.5 Å². The minimum Gasteiger partial charge on any atom is -0.502 e. The van der Waals surface area contributed by atoms with E-state index in [0.717, 1.165) is 12.3 Å². The quantitative estimate of drug-likeness (QED) is 0.432. The average molecular weight is 380 g/mol. The van der Waals surface area contributed by atoms with Crippen molar-refractivity contribution in [2.75, 3.05) is 13.7 Å². The van der Waals surface area contributed by atoms with Crippen LogP contribution in [-0.4, -0.2) is 35.9 Å². The van der Waals surface area contributed by atoms with Crippen LogP contribution in [0, 0.1) is 10.1 Å². The van der Waals surface area contributed by atoms with Crippen molar-refractivity contribution >= 4 is 29.4 Å². The summed E-state index contributed by atoms with van der Waals surface area (Å²) >= 11 is 5.74. The fraction of sp³-hybridized carbons (Fsp3) is 0.125. The maximum atomic E-state index is 11.7. The number of hydrogen-bond donors (Lipinski definition) is 2. The first-order valence-electron chi connectivity index (χ1n) is 7.16. The summed E-state index contributed by atoms with van der Waals surface area (Å²) in [5, 5.41) is 25.0. The van der Waals surface area contributed by atoms with Gasteiger partial charge in [0.25, 0.3) is 5.91 Å². The number of halogens is 1. The van der Waals surface area contributed by atoms with Gasteiger partial charge in [0.1, 0.15) is 11.5 Å². The smallest absolute Gasteiger partial charge is 0.315 e. The van der Waals surface area contributed by atoms with Crippen molar-refractivity contribution in [3.8, 4) is 17.2 Å². The van der Waals surface area contributed by atoms with Gasteiger partial charge in [-0.05, 0) is 30.3 Å². The molecular formula is C16H14ClN3O6. The SMILES string of the molecule is COc1cc(C=NNC(=O)COc2ccc(Cl)cc2)c(O)c([N+](=O)[O-])c1. The standard InChI is InChI=1S/C16H14ClN3O6/c1-25-13-6-10(16(22)14(7-13)20(23)24)8-18-19-15(21)9-26-12-4-2-11(17)3-5-12/h2-8,22H,9H2,1H3,(H,19,21). The summed E-state index contributed by atoms with van der Waals surface area (Å²) in [5.41, 5.74) is 1.65. The van der Waals surface area contributed by atoms with E-state index in [0.29, 0.717) is 10.8 Å². The molecule has 0 atom stereocenters. The molecule has 0 fully saturated rings. The molecule has 2 aromatic carbocycles. The second-order valence-electron chi connectivity index (χ2n) is 4.88. The van der Waals surface area contributed by atoms with E-state index < -0.39 is 22.3 Å². The van der Waals surface area contributed by atoms with Gasteiger partial charge < -0.3 is 14.6 Å². The molecule has 0 aliphatic carbocycles. The van der Waals surface area contributed by atoms with E-state index in [-0.39, 0.29) is 17.9 Å². The number of nitrogens with zero attached hydrogens (tertiary/aromatic N) is 2. The number of methoxy groups -OCH3 is 1. The van der Waals surface area contributed by atoms with Crippen LogP contribution in [0.4, 0.5) is 5.69 Å². The van der Waals surface area contributed by atoms with E-state index in [1.165, 1.54) is 13.2 Å². The van der Waals surface area contributed by atoms with Gasteiger partial charge in [0.2, 0.25) is 5.75 Å². The van der Waals surface area contributed by atoms with Crippen LogP contribution in [0.1, 0.15) is 5.56 Å². The van der Waals surface area contributed by atoms with E-state index in [1.807, 2.05) is 0 Å². The molecule has 0 radical (unpaired) electrons. The monoisotopic (exact) mass is 379 g/mol. The number of phenols is 1. The summed E-state index contributed by atoms with van der Waals surface area (Å²) in [4.78, 5) is 21.8. The maximum absolute atomic E-state index is 11.7. The molecule has 0 unspecified atom stereocenters. The zero-order valence-corrected chi connectivity index (χ0v) is 14.3. The van der Waals surface area contributed by atoms with Crippen molar-refractivity contribution in [2.45, 2.75) is 0 Å². The fourth-order valence-corrected chi connectivity index (χ4v) is 1.98. The van der Waals surface area contributed by atoms with Gasteiger partial charge in [-0.1, -0.05) is 11.6 Å². The highest BCUT2D eigenvalue weighted by molar-refractivity contribution is 6.30. The second-order valence-corrected chi connectivity index (χ2v) is 5.31. The third-order valence-corrected chi connectivity index (χ3v) is 3.35. The van der Waals surface area contributed by atoms with Crippen LogP contribution in [0.3, 0.4) is 0 Å². The number of amides is 1. The molecule has 9 nitrogen and oxygen atoms in total.